The van der Waals surface area contributed by atoms with Gasteiger partial charge in [-0.1, -0.05) is 12.1 Å². The third kappa shape index (κ3) is 4.19. The molecule has 0 atom stereocenters. The molecule has 1 N–H and O–H groups in total. The summed E-state index contributed by atoms with van der Waals surface area (Å²) in [5.74, 6) is -0.966. The van der Waals surface area contributed by atoms with E-state index < -0.39 is 33.7 Å². The number of alkyl halides is 3. The van der Waals surface area contributed by atoms with Crippen molar-refractivity contribution in [1.29, 1.82) is 0 Å². The number of halogens is 3. The van der Waals surface area contributed by atoms with Gasteiger partial charge >= 0.3 is 6.18 Å². The highest BCUT2D eigenvalue weighted by atomic mass is 19.4. The lowest BCUT2D eigenvalue weighted by atomic mass is 10.2. The number of hydrogen-bond donors (Lipinski definition) is 1. The summed E-state index contributed by atoms with van der Waals surface area (Å²) in [5, 5.41) is 17.5. The van der Waals surface area contributed by atoms with Crippen molar-refractivity contribution in [3.05, 3.63) is 91.9 Å². The molecule has 1 heterocycles. The van der Waals surface area contributed by atoms with Gasteiger partial charge in [0.05, 0.1) is 10.5 Å². The van der Waals surface area contributed by atoms with Crippen LogP contribution < -0.4 is 10.7 Å². The van der Waals surface area contributed by atoms with Crippen LogP contribution in [0, 0.1) is 17.0 Å². The molecule has 0 aliphatic heterocycles. The summed E-state index contributed by atoms with van der Waals surface area (Å²) in [7, 11) is 0. The molecule has 30 heavy (non-hydrogen) atoms. The number of anilines is 1. The first-order valence-corrected chi connectivity index (χ1v) is 8.41. The Kier molecular flexibility index (Phi) is 5.37. The second-order valence-corrected chi connectivity index (χ2v) is 6.19. The molecule has 8 nitrogen and oxygen atoms in total. The van der Waals surface area contributed by atoms with Crippen LogP contribution in [-0.4, -0.2) is 20.6 Å². The highest BCUT2D eigenvalue weighted by Crippen LogP contribution is 2.30. The average molecular weight is 418 g/mol. The number of para-hydroxylation sites is 2. The molecule has 1 amide bonds. The molecule has 11 heteroatoms. The molecule has 0 saturated carbocycles. The largest absolute Gasteiger partial charge is 0.416 e. The zero-order chi connectivity index (χ0) is 22.1. The van der Waals surface area contributed by atoms with Crippen LogP contribution in [0.1, 0.15) is 21.7 Å². The van der Waals surface area contributed by atoms with Crippen molar-refractivity contribution in [2.45, 2.75) is 13.1 Å². The second-order valence-electron chi connectivity index (χ2n) is 6.19. The number of nitrogens with one attached hydrogen (secondary N) is 1. The van der Waals surface area contributed by atoms with Gasteiger partial charge in [-0.2, -0.15) is 18.3 Å². The predicted octanol–water partition coefficient (Wildman–Crippen LogP) is 3.72. The summed E-state index contributed by atoms with van der Waals surface area (Å²) in [6, 6.07) is 10.4. The lowest BCUT2D eigenvalue weighted by molar-refractivity contribution is -0.384. The van der Waals surface area contributed by atoms with Gasteiger partial charge in [0.25, 0.3) is 11.6 Å². The van der Waals surface area contributed by atoms with E-state index in [0.29, 0.717) is 0 Å². The van der Waals surface area contributed by atoms with Gasteiger partial charge in [-0.05, 0) is 37.3 Å². The third-order valence-electron chi connectivity index (χ3n) is 4.10. The minimum Gasteiger partial charge on any atom is -0.320 e. The summed E-state index contributed by atoms with van der Waals surface area (Å²) in [6.45, 7) is 1.49. The molecule has 0 bridgehead atoms. The van der Waals surface area contributed by atoms with E-state index in [1.165, 1.54) is 31.2 Å². The van der Waals surface area contributed by atoms with Crippen molar-refractivity contribution in [3.8, 4) is 5.69 Å². The maximum atomic E-state index is 12.6. The summed E-state index contributed by atoms with van der Waals surface area (Å²) in [5.41, 5.74) is -2.18. The van der Waals surface area contributed by atoms with Crippen molar-refractivity contribution in [3.63, 3.8) is 0 Å². The molecule has 0 aliphatic rings. The molecule has 1 aromatic heterocycles. The van der Waals surface area contributed by atoms with E-state index in [4.69, 9.17) is 0 Å². The van der Waals surface area contributed by atoms with E-state index in [-0.39, 0.29) is 22.8 Å². The van der Waals surface area contributed by atoms with E-state index in [9.17, 15) is 32.9 Å². The van der Waals surface area contributed by atoms with E-state index in [1.54, 1.807) is 0 Å². The zero-order valence-electron chi connectivity index (χ0n) is 15.3. The number of carbonyl (C=O) groups is 1. The second kappa shape index (κ2) is 7.78. The van der Waals surface area contributed by atoms with Crippen LogP contribution in [0.4, 0.5) is 24.5 Å². The molecule has 154 valence electrons. The molecular formula is C19H13F3N4O4. The van der Waals surface area contributed by atoms with Gasteiger partial charge in [0.1, 0.15) is 5.69 Å². The summed E-state index contributed by atoms with van der Waals surface area (Å²) < 4.78 is 39.0. The highest BCUT2D eigenvalue weighted by Gasteiger charge is 2.30. The maximum Gasteiger partial charge on any atom is 0.416 e. The number of aryl methyl sites for hydroxylation is 1. The molecule has 0 aliphatic carbocycles. The van der Waals surface area contributed by atoms with Gasteiger partial charge in [-0.15, -0.1) is 0 Å². The molecular weight excluding hydrogens is 405 g/mol. The fourth-order valence-electron chi connectivity index (χ4n) is 2.68. The first-order chi connectivity index (χ1) is 14.1. The standard InChI is InChI=1S/C19H13F3N4O4/c1-11-10-16(27)17(24-25(11)14-4-2-3-5-15(14)26(29)30)18(28)23-13-8-6-12(7-9-13)19(20,21)22/h2-10H,1H3,(H,23,28). The van der Waals surface area contributed by atoms with Gasteiger partial charge in [0.2, 0.25) is 5.43 Å². The molecule has 2 aromatic carbocycles. The number of nitrogens with zero attached hydrogens (tertiary/aromatic N) is 3. The monoisotopic (exact) mass is 418 g/mol. The lowest BCUT2D eigenvalue weighted by Crippen LogP contribution is -2.27. The van der Waals surface area contributed by atoms with Crippen LogP contribution in [0.15, 0.2) is 59.4 Å². The molecule has 0 unspecified atom stereocenters. The average Bonchev–Trinajstić information content (AvgIpc) is 2.67. The predicted molar refractivity (Wildman–Crippen MR) is 101 cm³/mol. The Morgan fingerprint density at radius 1 is 1.13 bits per heavy atom. The van der Waals surface area contributed by atoms with E-state index >= 15 is 0 Å². The van der Waals surface area contributed by atoms with Gasteiger partial charge in [-0.3, -0.25) is 19.7 Å². The third-order valence-corrected chi connectivity index (χ3v) is 4.10. The van der Waals surface area contributed by atoms with Gasteiger partial charge in [0, 0.05) is 23.5 Å². The Bertz CT molecular complexity index is 1190. The maximum absolute atomic E-state index is 12.6. The van der Waals surface area contributed by atoms with Crippen molar-refractivity contribution in [2.24, 2.45) is 0 Å². The first-order valence-electron chi connectivity index (χ1n) is 8.41. The topological polar surface area (TPSA) is 107 Å². The highest BCUT2D eigenvalue weighted by molar-refractivity contribution is 6.02. The van der Waals surface area contributed by atoms with Crippen molar-refractivity contribution < 1.29 is 22.9 Å². The Morgan fingerprint density at radius 3 is 2.37 bits per heavy atom. The van der Waals surface area contributed by atoms with Crippen LogP contribution in [0.3, 0.4) is 0 Å². The Labute approximate surface area is 166 Å². The number of aromatic nitrogens is 2. The summed E-state index contributed by atoms with van der Waals surface area (Å²) >= 11 is 0. The number of rotatable bonds is 4. The minimum atomic E-state index is -4.53. The Hall–Kier alpha value is -4.02. The normalized spacial score (nSPS) is 11.2. The first kappa shape index (κ1) is 20.7. The van der Waals surface area contributed by atoms with Gasteiger partial charge in [-0.25, -0.2) is 4.68 Å². The summed E-state index contributed by atoms with van der Waals surface area (Å²) in [4.78, 5) is 35.4. The number of hydrogen-bond acceptors (Lipinski definition) is 5. The number of nitro groups is 1. The number of amides is 1. The molecule has 0 fully saturated rings. The molecule has 3 aromatic rings. The number of benzene rings is 2. The Balaban J connectivity index is 1.97. The Morgan fingerprint density at radius 2 is 1.77 bits per heavy atom. The van der Waals surface area contributed by atoms with Crippen LogP contribution in [0.2, 0.25) is 0 Å². The van der Waals surface area contributed by atoms with Crippen molar-refractivity contribution in [1.82, 2.24) is 9.78 Å². The zero-order valence-corrected chi connectivity index (χ0v) is 15.3. The number of nitro benzene ring substituents is 1. The minimum absolute atomic E-state index is 0.0204. The van der Waals surface area contributed by atoms with E-state index in [1.807, 2.05) is 0 Å². The van der Waals surface area contributed by atoms with Crippen LogP contribution in [-0.2, 0) is 6.18 Å². The van der Waals surface area contributed by atoms with Gasteiger partial charge in [0.15, 0.2) is 5.69 Å². The number of carbonyl (C=O) groups excluding carboxylic acids is 1. The van der Waals surface area contributed by atoms with Crippen molar-refractivity contribution in [2.75, 3.05) is 5.32 Å². The van der Waals surface area contributed by atoms with Crippen LogP contribution in [0.25, 0.3) is 5.69 Å². The van der Waals surface area contributed by atoms with Gasteiger partial charge < -0.3 is 5.32 Å². The summed E-state index contributed by atoms with van der Waals surface area (Å²) in [6.07, 6.45) is -4.53. The fraction of sp³-hybridized carbons (Fsp3) is 0.105. The molecule has 3 rings (SSSR count). The molecule has 0 radical (unpaired) electrons. The fourth-order valence-corrected chi connectivity index (χ4v) is 2.68. The smallest absolute Gasteiger partial charge is 0.320 e. The van der Waals surface area contributed by atoms with Crippen molar-refractivity contribution >= 4 is 17.3 Å². The lowest BCUT2D eigenvalue weighted by Gasteiger charge is -2.12. The quantitative estimate of drug-likeness (QED) is 0.513. The van der Waals surface area contributed by atoms with Crippen LogP contribution in [0.5, 0.6) is 0 Å². The molecule has 0 saturated heterocycles. The SMILES string of the molecule is Cc1cc(=O)c(C(=O)Nc2ccc(C(F)(F)F)cc2)nn1-c1ccccc1[N+](=O)[O-]. The van der Waals surface area contributed by atoms with Crippen LogP contribution >= 0.6 is 0 Å². The van der Waals surface area contributed by atoms with E-state index in [0.717, 1.165) is 35.0 Å². The van der Waals surface area contributed by atoms with E-state index in [2.05, 4.69) is 10.4 Å². The molecule has 0 spiro atoms.